The normalized spacial score (nSPS) is 20.7. The van der Waals surface area contributed by atoms with Crippen LogP contribution >= 0.6 is 0 Å². The van der Waals surface area contributed by atoms with Crippen LogP contribution in [0.15, 0.2) is 48.5 Å². The summed E-state index contributed by atoms with van der Waals surface area (Å²) >= 11 is 0. The molecule has 0 spiro atoms. The van der Waals surface area contributed by atoms with E-state index in [4.69, 9.17) is 9.47 Å². The van der Waals surface area contributed by atoms with Gasteiger partial charge in [-0.25, -0.2) is 4.79 Å². The van der Waals surface area contributed by atoms with Crippen molar-refractivity contribution in [3.63, 3.8) is 0 Å². The summed E-state index contributed by atoms with van der Waals surface area (Å²) in [6.45, 7) is 1.65. The number of nitrogens with one attached hydrogen (secondary N) is 2. The van der Waals surface area contributed by atoms with Crippen molar-refractivity contribution in [2.75, 3.05) is 20.3 Å². The molecule has 2 aromatic carbocycles. The number of carboxylic acids is 1. The van der Waals surface area contributed by atoms with E-state index in [1.54, 1.807) is 6.92 Å². The Morgan fingerprint density at radius 2 is 1.66 bits per heavy atom. The van der Waals surface area contributed by atoms with Gasteiger partial charge in [-0.3, -0.25) is 9.59 Å². The van der Waals surface area contributed by atoms with Crippen LogP contribution in [0.25, 0.3) is 11.1 Å². The molecule has 2 amide bonds. The molecule has 0 saturated heterocycles. The number of ether oxygens (including phenoxy) is 2. The average molecular weight is 481 g/mol. The van der Waals surface area contributed by atoms with Crippen LogP contribution in [0.1, 0.15) is 49.7 Å². The number of methoxy groups -OCH3 is 1. The molecule has 1 fully saturated rings. The van der Waals surface area contributed by atoms with E-state index < -0.39 is 29.4 Å². The SMILES string of the molecule is COCC(C)(NC(=O)OCC1c2ccccc2-c2ccccc21)C(=O)N[C@@H]1CCC[C@H](C(=O)O)C1. The van der Waals surface area contributed by atoms with Gasteiger partial charge in [0.2, 0.25) is 5.91 Å². The summed E-state index contributed by atoms with van der Waals surface area (Å²) in [6, 6.07) is 15.9. The summed E-state index contributed by atoms with van der Waals surface area (Å²) < 4.78 is 10.8. The van der Waals surface area contributed by atoms with Gasteiger partial charge in [-0.15, -0.1) is 0 Å². The van der Waals surface area contributed by atoms with Crippen LogP contribution < -0.4 is 10.6 Å². The molecule has 3 N–H and O–H groups in total. The minimum Gasteiger partial charge on any atom is -0.481 e. The van der Waals surface area contributed by atoms with E-state index in [0.29, 0.717) is 19.3 Å². The maximum atomic E-state index is 13.1. The van der Waals surface area contributed by atoms with Crippen molar-refractivity contribution in [1.29, 1.82) is 0 Å². The highest BCUT2D eigenvalue weighted by atomic mass is 16.5. The van der Waals surface area contributed by atoms with Gasteiger partial charge in [-0.05, 0) is 48.4 Å². The molecular weight excluding hydrogens is 448 g/mol. The molecule has 0 aliphatic heterocycles. The van der Waals surface area contributed by atoms with Crippen molar-refractivity contribution in [3.05, 3.63) is 59.7 Å². The summed E-state index contributed by atoms with van der Waals surface area (Å²) in [7, 11) is 1.45. The van der Waals surface area contributed by atoms with Crippen LogP contribution in [0.5, 0.6) is 0 Å². The molecule has 8 nitrogen and oxygen atoms in total. The van der Waals surface area contributed by atoms with Gasteiger partial charge in [0.25, 0.3) is 0 Å². The number of aliphatic carboxylic acids is 1. The number of fused-ring (bicyclic) bond motifs is 3. The quantitative estimate of drug-likeness (QED) is 0.531. The van der Waals surface area contributed by atoms with E-state index in [2.05, 4.69) is 22.8 Å². The molecule has 2 aliphatic rings. The molecule has 186 valence electrons. The first-order valence-corrected chi connectivity index (χ1v) is 12.0. The molecule has 35 heavy (non-hydrogen) atoms. The number of carbonyl (C=O) groups excluding carboxylic acids is 2. The van der Waals surface area contributed by atoms with E-state index >= 15 is 0 Å². The predicted molar refractivity (Wildman–Crippen MR) is 130 cm³/mol. The predicted octanol–water partition coefficient (Wildman–Crippen LogP) is 3.69. The number of hydrogen-bond donors (Lipinski definition) is 3. The third-order valence-electron chi connectivity index (χ3n) is 7.01. The number of carbonyl (C=O) groups is 3. The second kappa shape index (κ2) is 10.5. The zero-order valence-electron chi connectivity index (χ0n) is 20.1. The second-order valence-corrected chi connectivity index (χ2v) is 9.59. The molecule has 8 heteroatoms. The maximum absolute atomic E-state index is 13.1. The molecule has 4 rings (SSSR count). The summed E-state index contributed by atoms with van der Waals surface area (Å²) in [6.07, 6.45) is 1.68. The molecule has 1 unspecified atom stereocenters. The van der Waals surface area contributed by atoms with E-state index in [0.717, 1.165) is 28.7 Å². The lowest BCUT2D eigenvalue weighted by atomic mass is 9.85. The zero-order valence-corrected chi connectivity index (χ0v) is 20.1. The van der Waals surface area contributed by atoms with Crippen LogP contribution in [0, 0.1) is 5.92 Å². The molecule has 2 aromatic rings. The Morgan fingerprint density at radius 3 is 2.26 bits per heavy atom. The van der Waals surface area contributed by atoms with Gasteiger partial charge in [0, 0.05) is 19.1 Å². The first kappa shape index (κ1) is 24.7. The minimum atomic E-state index is -1.37. The highest BCUT2D eigenvalue weighted by Crippen LogP contribution is 2.44. The minimum absolute atomic E-state index is 0.0574. The number of rotatable bonds is 8. The molecule has 1 saturated carbocycles. The van der Waals surface area contributed by atoms with E-state index in [9.17, 15) is 19.5 Å². The third kappa shape index (κ3) is 5.32. The Hall–Kier alpha value is -3.39. The summed E-state index contributed by atoms with van der Waals surface area (Å²) in [4.78, 5) is 37.3. The van der Waals surface area contributed by atoms with Crippen LogP contribution in [-0.2, 0) is 19.1 Å². The number of alkyl carbamates (subject to hydrolysis) is 1. The monoisotopic (exact) mass is 480 g/mol. The fourth-order valence-corrected chi connectivity index (χ4v) is 5.20. The number of hydrogen-bond acceptors (Lipinski definition) is 5. The molecule has 0 aromatic heterocycles. The van der Waals surface area contributed by atoms with Crippen molar-refractivity contribution in [2.45, 2.75) is 50.1 Å². The lowest BCUT2D eigenvalue weighted by molar-refractivity contribution is -0.143. The van der Waals surface area contributed by atoms with Crippen LogP contribution in [0.3, 0.4) is 0 Å². The van der Waals surface area contributed by atoms with Crippen LogP contribution in [0.4, 0.5) is 4.79 Å². The van der Waals surface area contributed by atoms with Gasteiger partial charge in [-0.2, -0.15) is 0 Å². The third-order valence-corrected chi connectivity index (χ3v) is 7.01. The van der Waals surface area contributed by atoms with Gasteiger partial charge >= 0.3 is 12.1 Å². The van der Waals surface area contributed by atoms with Gasteiger partial charge in [0.1, 0.15) is 12.1 Å². The van der Waals surface area contributed by atoms with Crippen molar-refractivity contribution in [1.82, 2.24) is 10.6 Å². The first-order chi connectivity index (χ1) is 16.8. The fraction of sp³-hybridized carbons (Fsp3) is 0.444. The van der Waals surface area contributed by atoms with Crippen molar-refractivity contribution in [2.24, 2.45) is 5.92 Å². The van der Waals surface area contributed by atoms with Crippen LogP contribution in [-0.4, -0.2) is 55.0 Å². The van der Waals surface area contributed by atoms with Gasteiger partial charge in [0.15, 0.2) is 0 Å². The zero-order chi connectivity index (χ0) is 25.0. The Balaban J connectivity index is 1.40. The van der Waals surface area contributed by atoms with Gasteiger partial charge in [-0.1, -0.05) is 55.0 Å². The number of benzene rings is 2. The molecule has 0 bridgehead atoms. The Kier molecular flexibility index (Phi) is 7.40. The summed E-state index contributed by atoms with van der Waals surface area (Å²) in [5, 5.41) is 14.9. The first-order valence-electron chi connectivity index (χ1n) is 12.0. The fourth-order valence-electron chi connectivity index (χ4n) is 5.20. The van der Waals surface area contributed by atoms with Gasteiger partial charge < -0.3 is 25.2 Å². The topological polar surface area (TPSA) is 114 Å². The lowest BCUT2D eigenvalue weighted by Gasteiger charge is -2.33. The van der Waals surface area contributed by atoms with Crippen molar-refractivity contribution in [3.8, 4) is 11.1 Å². The Bertz CT molecular complexity index is 1060. The number of carboxylic acid groups (broad SMARTS) is 1. The van der Waals surface area contributed by atoms with Crippen molar-refractivity contribution < 1.29 is 29.0 Å². The highest BCUT2D eigenvalue weighted by molar-refractivity contribution is 5.90. The molecule has 0 heterocycles. The van der Waals surface area contributed by atoms with E-state index in [-0.39, 0.29) is 25.2 Å². The largest absolute Gasteiger partial charge is 0.481 e. The smallest absolute Gasteiger partial charge is 0.408 e. The molecule has 2 aliphatic carbocycles. The van der Waals surface area contributed by atoms with Gasteiger partial charge in [0.05, 0.1) is 12.5 Å². The van der Waals surface area contributed by atoms with Crippen LogP contribution in [0.2, 0.25) is 0 Å². The maximum Gasteiger partial charge on any atom is 0.408 e. The standard InChI is InChI=1S/C27H32N2O6/c1-27(16-34-2,25(32)28-18-9-7-8-17(14-18)24(30)31)29-26(33)35-15-23-21-12-5-3-10-19(21)20-11-4-6-13-22(20)23/h3-6,10-13,17-18,23H,7-9,14-16H2,1-2H3,(H,28,32)(H,29,33)(H,30,31)/t17-,18+,27?/m0/s1. The average Bonchev–Trinajstić information content (AvgIpc) is 3.16. The molecular formula is C27H32N2O6. The lowest BCUT2D eigenvalue weighted by Crippen LogP contribution is -2.61. The van der Waals surface area contributed by atoms with Crippen molar-refractivity contribution >= 4 is 18.0 Å². The van der Waals surface area contributed by atoms with E-state index in [1.807, 2.05) is 36.4 Å². The summed E-state index contributed by atoms with van der Waals surface area (Å²) in [5.74, 6) is -1.84. The molecule has 0 radical (unpaired) electrons. The van der Waals surface area contributed by atoms with E-state index in [1.165, 1.54) is 7.11 Å². The summed E-state index contributed by atoms with van der Waals surface area (Å²) in [5.41, 5.74) is 3.10. The Labute approximate surface area is 205 Å². The number of amides is 2. The molecule has 3 atom stereocenters. The Morgan fingerprint density at radius 1 is 1.03 bits per heavy atom. The second-order valence-electron chi connectivity index (χ2n) is 9.59. The highest BCUT2D eigenvalue weighted by Gasteiger charge is 2.39.